The SMILES string of the molecule is O=C(N/N=C/C1CCCCC1)c1ccccc1F. The predicted molar refractivity (Wildman–Crippen MR) is 68.9 cm³/mol. The molecule has 1 aliphatic carbocycles. The molecule has 4 heteroatoms. The minimum atomic E-state index is -0.525. The van der Waals surface area contributed by atoms with Crippen LogP contribution in [0.5, 0.6) is 0 Å². The quantitative estimate of drug-likeness (QED) is 0.648. The minimum Gasteiger partial charge on any atom is -0.267 e. The van der Waals surface area contributed by atoms with Crippen LogP contribution in [-0.2, 0) is 0 Å². The lowest BCUT2D eigenvalue weighted by Crippen LogP contribution is -2.20. The molecule has 0 radical (unpaired) electrons. The van der Waals surface area contributed by atoms with Crippen molar-refractivity contribution in [1.82, 2.24) is 5.43 Å². The molecule has 1 amide bonds. The first-order chi connectivity index (χ1) is 8.77. The summed E-state index contributed by atoms with van der Waals surface area (Å²) in [4.78, 5) is 11.6. The number of nitrogens with one attached hydrogen (secondary N) is 1. The Balaban J connectivity index is 1.88. The van der Waals surface area contributed by atoms with E-state index in [0.29, 0.717) is 5.92 Å². The first-order valence-electron chi connectivity index (χ1n) is 6.35. The van der Waals surface area contributed by atoms with Gasteiger partial charge >= 0.3 is 0 Å². The molecule has 1 N–H and O–H groups in total. The van der Waals surface area contributed by atoms with Gasteiger partial charge < -0.3 is 0 Å². The lowest BCUT2D eigenvalue weighted by Gasteiger charge is -2.16. The zero-order valence-corrected chi connectivity index (χ0v) is 10.2. The normalized spacial score (nSPS) is 16.9. The van der Waals surface area contributed by atoms with Gasteiger partial charge in [0.1, 0.15) is 5.82 Å². The van der Waals surface area contributed by atoms with Gasteiger partial charge in [0.15, 0.2) is 0 Å². The number of rotatable bonds is 3. The molecule has 0 unspecified atom stereocenters. The Kier molecular flexibility index (Phi) is 4.45. The lowest BCUT2D eigenvalue weighted by molar-refractivity contribution is 0.0951. The van der Waals surface area contributed by atoms with Crippen molar-refractivity contribution in [2.45, 2.75) is 32.1 Å². The van der Waals surface area contributed by atoms with Crippen molar-refractivity contribution in [2.75, 3.05) is 0 Å². The highest BCUT2D eigenvalue weighted by Gasteiger charge is 2.12. The van der Waals surface area contributed by atoms with Crippen molar-refractivity contribution < 1.29 is 9.18 Å². The molecular weight excluding hydrogens is 231 g/mol. The minimum absolute atomic E-state index is 0.0262. The highest BCUT2D eigenvalue weighted by atomic mass is 19.1. The molecule has 0 bridgehead atoms. The summed E-state index contributed by atoms with van der Waals surface area (Å²) in [6.07, 6.45) is 7.75. The Morgan fingerprint density at radius 3 is 2.72 bits per heavy atom. The summed E-state index contributed by atoms with van der Waals surface area (Å²) in [6, 6.07) is 5.89. The van der Waals surface area contributed by atoms with Crippen LogP contribution in [0.15, 0.2) is 29.4 Å². The van der Waals surface area contributed by atoms with E-state index in [1.807, 2.05) is 0 Å². The molecule has 3 nitrogen and oxygen atoms in total. The third kappa shape index (κ3) is 3.39. The van der Waals surface area contributed by atoms with E-state index in [4.69, 9.17) is 0 Å². The van der Waals surface area contributed by atoms with Gasteiger partial charge in [-0.1, -0.05) is 31.4 Å². The Morgan fingerprint density at radius 2 is 2.00 bits per heavy atom. The van der Waals surface area contributed by atoms with Gasteiger partial charge in [-0.3, -0.25) is 4.79 Å². The van der Waals surface area contributed by atoms with Crippen LogP contribution in [0.4, 0.5) is 4.39 Å². The lowest BCUT2D eigenvalue weighted by atomic mass is 9.90. The van der Waals surface area contributed by atoms with E-state index < -0.39 is 11.7 Å². The number of hydrazone groups is 1. The molecule has 2 rings (SSSR count). The number of halogens is 1. The Morgan fingerprint density at radius 1 is 1.28 bits per heavy atom. The van der Waals surface area contributed by atoms with Gasteiger partial charge in [-0.05, 0) is 30.9 Å². The summed E-state index contributed by atoms with van der Waals surface area (Å²) < 4.78 is 13.3. The second kappa shape index (κ2) is 6.28. The smallest absolute Gasteiger partial charge is 0.267 e. The van der Waals surface area contributed by atoms with Crippen LogP contribution in [0.3, 0.4) is 0 Å². The van der Waals surface area contributed by atoms with E-state index in [1.54, 1.807) is 18.3 Å². The van der Waals surface area contributed by atoms with Gasteiger partial charge in [-0.2, -0.15) is 5.10 Å². The number of carbonyl (C=O) groups excluding carboxylic acids is 1. The molecule has 1 saturated carbocycles. The molecule has 0 aliphatic heterocycles. The number of hydrogen-bond donors (Lipinski definition) is 1. The third-order valence-electron chi connectivity index (χ3n) is 3.22. The molecule has 18 heavy (non-hydrogen) atoms. The summed E-state index contributed by atoms with van der Waals surface area (Å²) in [5.41, 5.74) is 2.40. The summed E-state index contributed by atoms with van der Waals surface area (Å²) >= 11 is 0. The Hall–Kier alpha value is -1.71. The monoisotopic (exact) mass is 248 g/mol. The first kappa shape index (κ1) is 12.7. The molecule has 96 valence electrons. The molecule has 0 atom stereocenters. The van der Waals surface area contributed by atoms with E-state index >= 15 is 0 Å². The summed E-state index contributed by atoms with van der Waals surface area (Å²) in [6.45, 7) is 0. The van der Waals surface area contributed by atoms with E-state index in [0.717, 1.165) is 12.8 Å². The van der Waals surface area contributed by atoms with Crippen molar-refractivity contribution in [3.05, 3.63) is 35.6 Å². The molecule has 1 aliphatic rings. The summed E-state index contributed by atoms with van der Waals surface area (Å²) in [5, 5.41) is 3.92. The topological polar surface area (TPSA) is 41.5 Å². The van der Waals surface area contributed by atoms with Gasteiger partial charge in [0.2, 0.25) is 0 Å². The van der Waals surface area contributed by atoms with E-state index in [1.165, 1.54) is 31.4 Å². The second-order valence-corrected chi connectivity index (χ2v) is 4.60. The fraction of sp³-hybridized carbons (Fsp3) is 0.429. The van der Waals surface area contributed by atoms with Crippen molar-refractivity contribution in [1.29, 1.82) is 0 Å². The van der Waals surface area contributed by atoms with Gasteiger partial charge in [0.05, 0.1) is 5.56 Å². The van der Waals surface area contributed by atoms with Crippen LogP contribution >= 0.6 is 0 Å². The van der Waals surface area contributed by atoms with Crippen LogP contribution in [0.25, 0.3) is 0 Å². The molecule has 1 aromatic carbocycles. The van der Waals surface area contributed by atoms with Crippen molar-refractivity contribution in [3.63, 3.8) is 0 Å². The zero-order chi connectivity index (χ0) is 12.8. The van der Waals surface area contributed by atoms with Crippen LogP contribution < -0.4 is 5.43 Å². The molecule has 0 saturated heterocycles. The van der Waals surface area contributed by atoms with E-state index in [-0.39, 0.29) is 5.56 Å². The van der Waals surface area contributed by atoms with Crippen LogP contribution in [0.2, 0.25) is 0 Å². The molecule has 1 fully saturated rings. The maximum absolute atomic E-state index is 13.3. The summed E-state index contributed by atoms with van der Waals surface area (Å²) in [5.74, 6) is -0.581. The average Bonchev–Trinajstić information content (AvgIpc) is 2.40. The maximum atomic E-state index is 13.3. The molecular formula is C14H17FN2O. The van der Waals surface area contributed by atoms with Gasteiger partial charge in [0, 0.05) is 6.21 Å². The fourth-order valence-corrected chi connectivity index (χ4v) is 2.19. The van der Waals surface area contributed by atoms with Crippen LogP contribution in [-0.4, -0.2) is 12.1 Å². The van der Waals surface area contributed by atoms with Crippen molar-refractivity contribution in [3.8, 4) is 0 Å². The standard InChI is InChI=1S/C14H17FN2O/c15-13-9-5-4-8-12(13)14(18)17-16-10-11-6-2-1-3-7-11/h4-5,8-11H,1-3,6-7H2,(H,17,18)/b16-10+. The summed E-state index contributed by atoms with van der Waals surface area (Å²) in [7, 11) is 0. The molecule has 1 aromatic rings. The van der Waals surface area contributed by atoms with E-state index in [9.17, 15) is 9.18 Å². The van der Waals surface area contributed by atoms with Crippen LogP contribution in [0, 0.1) is 11.7 Å². The highest BCUT2D eigenvalue weighted by Crippen LogP contribution is 2.21. The van der Waals surface area contributed by atoms with Gasteiger partial charge in [0.25, 0.3) is 5.91 Å². The predicted octanol–water partition coefficient (Wildman–Crippen LogP) is 3.12. The van der Waals surface area contributed by atoms with Crippen molar-refractivity contribution >= 4 is 12.1 Å². The number of hydrogen-bond acceptors (Lipinski definition) is 2. The van der Waals surface area contributed by atoms with Crippen molar-refractivity contribution in [2.24, 2.45) is 11.0 Å². The number of benzene rings is 1. The molecule has 0 heterocycles. The van der Waals surface area contributed by atoms with Gasteiger partial charge in [-0.15, -0.1) is 0 Å². The first-order valence-corrected chi connectivity index (χ1v) is 6.35. The zero-order valence-electron chi connectivity index (χ0n) is 10.2. The maximum Gasteiger partial charge on any atom is 0.274 e. The number of amides is 1. The number of nitrogens with zero attached hydrogens (tertiary/aromatic N) is 1. The Labute approximate surface area is 106 Å². The van der Waals surface area contributed by atoms with Gasteiger partial charge in [-0.25, -0.2) is 9.82 Å². The number of carbonyl (C=O) groups is 1. The molecule has 0 spiro atoms. The largest absolute Gasteiger partial charge is 0.274 e. The van der Waals surface area contributed by atoms with E-state index in [2.05, 4.69) is 10.5 Å². The second-order valence-electron chi connectivity index (χ2n) is 4.60. The third-order valence-corrected chi connectivity index (χ3v) is 3.22. The Bertz CT molecular complexity index is 439. The van der Waals surface area contributed by atoms with Crippen LogP contribution in [0.1, 0.15) is 42.5 Å². The molecule has 0 aromatic heterocycles. The average molecular weight is 248 g/mol. The fourth-order valence-electron chi connectivity index (χ4n) is 2.19. The highest BCUT2D eigenvalue weighted by molar-refractivity contribution is 5.94.